The van der Waals surface area contributed by atoms with E-state index >= 15 is 0 Å². The standard InChI is InChI=1S/C11H9FN2O4/c1-2-18-11(15)10(12)8-5-7(6-13)3-4-9(8)14(16)17/h3-5,10H,2H2,1H3. The fourth-order valence-electron chi connectivity index (χ4n) is 1.34. The van der Waals surface area contributed by atoms with Gasteiger partial charge in [-0.05, 0) is 19.1 Å². The Balaban J connectivity index is 3.23. The van der Waals surface area contributed by atoms with Crippen molar-refractivity contribution in [3.05, 3.63) is 39.4 Å². The third-order valence-corrected chi connectivity index (χ3v) is 2.12. The highest BCUT2D eigenvalue weighted by atomic mass is 19.1. The van der Waals surface area contributed by atoms with E-state index in [1.54, 1.807) is 6.07 Å². The first-order chi connectivity index (χ1) is 8.51. The molecule has 1 aromatic carbocycles. The lowest BCUT2D eigenvalue weighted by molar-refractivity contribution is -0.385. The Morgan fingerprint density at radius 1 is 1.67 bits per heavy atom. The van der Waals surface area contributed by atoms with Gasteiger partial charge >= 0.3 is 5.97 Å². The van der Waals surface area contributed by atoms with Gasteiger partial charge in [-0.25, -0.2) is 9.18 Å². The molecule has 0 saturated heterocycles. The SMILES string of the molecule is CCOC(=O)C(F)c1cc(C#N)ccc1[N+](=O)[O-]. The largest absolute Gasteiger partial charge is 0.464 e. The summed E-state index contributed by atoms with van der Waals surface area (Å²) in [5.74, 6) is -1.21. The molecule has 0 bridgehead atoms. The van der Waals surface area contributed by atoms with E-state index in [1.807, 2.05) is 0 Å². The van der Waals surface area contributed by atoms with Crippen molar-refractivity contribution in [1.29, 1.82) is 5.26 Å². The summed E-state index contributed by atoms with van der Waals surface area (Å²) in [5, 5.41) is 19.4. The van der Waals surface area contributed by atoms with Crippen LogP contribution in [0.15, 0.2) is 18.2 Å². The highest BCUT2D eigenvalue weighted by Gasteiger charge is 2.29. The first-order valence-corrected chi connectivity index (χ1v) is 5.00. The van der Waals surface area contributed by atoms with Gasteiger partial charge in [0.05, 0.1) is 28.7 Å². The van der Waals surface area contributed by atoms with Gasteiger partial charge in [0, 0.05) is 6.07 Å². The van der Waals surface area contributed by atoms with E-state index in [-0.39, 0.29) is 12.2 Å². The monoisotopic (exact) mass is 252 g/mol. The maximum absolute atomic E-state index is 13.8. The molecule has 1 unspecified atom stereocenters. The number of esters is 1. The summed E-state index contributed by atoms with van der Waals surface area (Å²) in [6.07, 6.45) is -2.28. The quantitative estimate of drug-likeness (QED) is 0.464. The van der Waals surface area contributed by atoms with Gasteiger partial charge in [0.25, 0.3) is 5.69 Å². The predicted octanol–water partition coefficient (Wildman–Crippen LogP) is 2.04. The molecule has 0 radical (unpaired) electrons. The average Bonchev–Trinajstić information content (AvgIpc) is 2.37. The zero-order chi connectivity index (χ0) is 13.7. The molecule has 0 N–H and O–H groups in total. The van der Waals surface area contributed by atoms with Crippen molar-refractivity contribution in [2.24, 2.45) is 0 Å². The zero-order valence-electron chi connectivity index (χ0n) is 9.42. The Labute approximate surface area is 102 Å². The highest BCUT2D eigenvalue weighted by Crippen LogP contribution is 2.29. The lowest BCUT2D eigenvalue weighted by Crippen LogP contribution is -2.13. The molecule has 0 amide bonds. The minimum absolute atomic E-state index is 0.0301. The molecular formula is C11H9FN2O4. The third-order valence-electron chi connectivity index (χ3n) is 2.12. The number of nitriles is 1. The second kappa shape index (κ2) is 5.72. The first kappa shape index (κ1) is 13.6. The predicted molar refractivity (Wildman–Crippen MR) is 58.3 cm³/mol. The van der Waals surface area contributed by atoms with Crippen LogP contribution in [0.25, 0.3) is 0 Å². The van der Waals surface area contributed by atoms with Crippen LogP contribution in [0.4, 0.5) is 10.1 Å². The van der Waals surface area contributed by atoms with E-state index in [0.29, 0.717) is 0 Å². The summed E-state index contributed by atoms with van der Waals surface area (Å²) in [6.45, 7) is 1.45. The topological polar surface area (TPSA) is 93.2 Å². The number of rotatable bonds is 4. The summed E-state index contributed by atoms with van der Waals surface area (Å²) < 4.78 is 18.2. The molecule has 0 aromatic heterocycles. The number of alkyl halides is 1. The van der Waals surface area contributed by atoms with E-state index in [2.05, 4.69) is 4.74 Å². The number of carbonyl (C=O) groups is 1. The van der Waals surface area contributed by atoms with E-state index in [9.17, 15) is 19.3 Å². The van der Waals surface area contributed by atoms with E-state index < -0.39 is 28.3 Å². The molecule has 6 nitrogen and oxygen atoms in total. The van der Waals surface area contributed by atoms with Crippen molar-refractivity contribution >= 4 is 11.7 Å². The number of halogens is 1. The number of benzene rings is 1. The summed E-state index contributed by atoms with van der Waals surface area (Å²) in [6, 6.07) is 4.86. The molecule has 18 heavy (non-hydrogen) atoms. The summed E-state index contributed by atoms with van der Waals surface area (Å²) in [4.78, 5) is 21.1. The maximum atomic E-state index is 13.8. The van der Waals surface area contributed by atoms with Crippen LogP contribution in [0.1, 0.15) is 24.2 Å². The van der Waals surface area contributed by atoms with Gasteiger partial charge < -0.3 is 4.74 Å². The Morgan fingerprint density at radius 3 is 2.83 bits per heavy atom. The first-order valence-electron chi connectivity index (χ1n) is 5.00. The van der Waals surface area contributed by atoms with Gasteiger partial charge in [-0.2, -0.15) is 5.26 Å². The molecule has 94 valence electrons. The van der Waals surface area contributed by atoms with Crippen molar-refractivity contribution in [1.82, 2.24) is 0 Å². The van der Waals surface area contributed by atoms with Crippen LogP contribution in [0.3, 0.4) is 0 Å². The molecule has 1 atom stereocenters. The van der Waals surface area contributed by atoms with Crippen LogP contribution in [-0.2, 0) is 9.53 Å². The number of nitrogens with zero attached hydrogens (tertiary/aromatic N) is 2. The smallest absolute Gasteiger partial charge is 0.345 e. The molecular weight excluding hydrogens is 243 g/mol. The van der Waals surface area contributed by atoms with Gasteiger partial charge in [0.1, 0.15) is 0 Å². The number of hydrogen-bond donors (Lipinski definition) is 0. The Kier molecular flexibility index (Phi) is 4.32. The van der Waals surface area contributed by atoms with Crippen molar-refractivity contribution in [3.8, 4) is 6.07 Å². The van der Waals surface area contributed by atoms with Gasteiger partial charge in [-0.3, -0.25) is 10.1 Å². The van der Waals surface area contributed by atoms with Gasteiger partial charge in [0.2, 0.25) is 6.17 Å². The van der Waals surface area contributed by atoms with Crippen LogP contribution >= 0.6 is 0 Å². The molecule has 1 rings (SSSR count). The second-order valence-corrected chi connectivity index (χ2v) is 3.26. The molecule has 7 heteroatoms. The van der Waals surface area contributed by atoms with Crippen LogP contribution in [-0.4, -0.2) is 17.5 Å². The molecule has 0 heterocycles. The van der Waals surface area contributed by atoms with Crippen LogP contribution in [0.2, 0.25) is 0 Å². The Hall–Kier alpha value is -2.49. The van der Waals surface area contributed by atoms with Crippen molar-refractivity contribution in [2.45, 2.75) is 13.1 Å². The number of ether oxygens (including phenoxy) is 1. The fraction of sp³-hybridized carbons (Fsp3) is 0.273. The van der Waals surface area contributed by atoms with Crippen molar-refractivity contribution < 1.29 is 18.8 Å². The van der Waals surface area contributed by atoms with Gasteiger partial charge in [-0.1, -0.05) is 0 Å². The van der Waals surface area contributed by atoms with Gasteiger partial charge in [0.15, 0.2) is 0 Å². The Bertz CT molecular complexity index is 524. The number of carbonyl (C=O) groups excluding carboxylic acids is 1. The molecule has 0 saturated carbocycles. The van der Waals surface area contributed by atoms with E-state index in [4.69, 9.17) is 5.26 Å². The molecule has 0 aliphatic heterocycles. The van der Waals surface area contributed by atoms with Crippen LogP contribution < -0.4 is 0 Å². The normalized spacial score (nSPS) is 11.4. The molecule has 1 aromatic rings. The zero-order valence-corrected chi connectivity index (χ0v) is 9.42. The minimum Gasteiger partial charge on any atom is -0.464 e. The van der Waals surface area contributed by atoms with Gasteiger partial charge in [-0.15, -0.1) is 0 Å². The lowest BCUT2D eigenvalue weighted by atomic mass is 10.1. The number of nitro benzene ring substituents is 1. The molecule has 0 fully saturated rings. The van der Waals surface area contributed by atoms with Crippen LogP contribution in [0.5, 0.6) is 0 Å². The highest BCUT2D eigenvalue weighted by molar-refractivity contribution is 5.78. The maximum Gasteiger partial charge on any atom is 0.345 e. The molecule has 0 aliphatic rings. The number of nitro groups is 1. The van der Waals surface area contributed by atoms with E-state index in [0.717, 1.165) is 12.1 Å². The summed E-state index contributed by atoms with van der Waals surface area (Å²) in [7, 11) is 0. The molecule has 0 spiro atoms. The van der Waals surface area contributed by atoms with E-state index in [1.165, 1.54) is 13.0 Å². The fourth-order valence-corrected chi connectivity index (χ4v) is 1.34. The lowest BCUT2D eigenvalue weighted by Gasteiger charge is -2.08. The third kappa shape index (κ3) is 2.79. The van der Waals surface area contributed by atoms with Crippen LogP contribution in [0, 0.1) is 21.4 Å². The second-order valence-electron chi connectivity index (χ2n) is 3.26. The van der Waals surface area contributed by atoms with Crippen molar-refractivity contribution in [2.75, 3.05) is 6.61 Å². The van der Waals surface area contributed by atoms with Crippen molar-refractivity contribution in [3.63, 3.8) is 0 Å². The summed E-state index contributed by atoms with van der Waals surface area (Å²) in [5.41, 5.74) is -1.00. The molecule has 0 aliphatic carbocycles. The average molecular weight is 252 g/mol. The minimum atomic E-state index is -2.28. The summed E-state index contributed by atoms with van der Waals surface area (Å²) >= 11 is 0. The number of hydrogen-bond acceptors (Lipinski definition) is 5. The Morgan fingerprint density at radius 2 is 2.33 bits per heavy atom.